The summed E-state index contributed by atoms with van der Waals surface area (Å²) in [5.74, 6) is 0. The third kappa shape index (κ3) is 3.05. The molecule has 0 spiro atoms. The summed E-state index contributed by atoms with van der Waals surface area (Å²) in [6.07, 6.45) is 0. The van der Waals surface area contributed by atoms with Crippen LogP contribution in [0.25, 0.3) is 0 Å². The van der Waals surface area contributed by atoms with Crippen LogP contribution in [-0.4, -0.2) is 53.1 Å². The second-order valence-corrected chi connectivity index (χ2v) is 6.74. The molecule has 1 saturated heterocycles. The van der Waals surface area contributed by atoms with E-state index in [2.05, 4.69) is 21.4 Å². The number of nitrogens with zero attached hydrogens (tertiary/aromatic N) is 2. The van der Waals surface area contributed by atoms with Crippen LogP contribution in [0.4, 0.5) is 11.4 Å². The summed E-state index contributed by atoms with van der Waals surface area (Å²) < 4.78 is 26.1. The number of hydrogen-bond acceptors (Lipinski definition) is 5. The summed E-state index contributed by atoms with van der Waals surface area (Å²) in [5.41, 5.74) is 7.42. The molecule has 0 aromatic heterocycles. The normalized spacial score (nSPS) is 17.4. The number of nitrogens with two attached hydrogens (primary N) is 1. The van der Waals surface area contributed by atoms with Crippen LogP contribution >= 0.6 is 0 Å². The minimum atomic E-state index is -3.43. The van der Waals surface area contributed by atoms with Crippen LogP contribution in [0.1, 0.15) is 6.92 Å². The second-order valence-electron chi connectivity index (χ2n) is 4.85. The van der Waals surface area contributed by atoms with E-state index in [9.17, 15) is 8.42 Å². The first-order chi connectivity index (χ1) is 9.47. The predicted molar refractivity (Wildman–Crippen MR) is 81.4 cm³/mol. The third-order valence-corrected chi connectivity index (χ3v) is 5.15. The SMILES string of the molecule is CCN1CCN(c2cc(S(=O)(=O)NC)ccc2N)CC1. The Hall–Kier alpha value is -1.31. The van der Waals surface area contributed by atoms with Crippen molar-refractivity contribution in [2.75, 3.05) is 50.4 Å². The van der Waals surface area contributed by atoms with Gasteiger partial charge in [-0.15, -0.1) is 0 Å². The molecule has 1 aliphatic heterocycles. The molecule has 0 bridgehead atoms. The van der Waals surface area contributed by atoms with Crippen molar-refractivity contribution in [3.05, 3.63) is 18.2 Å². The van der Waals surface area contributed by atoms with Gasteiger partial charge in [0, 0.05) is 26.2 Å². The number of hydrogen-bond donors (Lipinski definition) is 2. The van der Waals surface area contributed by atoms with Gasteiger partial charge in [0.15, 0.2) is 0 Å². The monoisotopic (exact) mass is 298 g/mol. The van der Waals surface area contributed by atoms with E-state index in [1.807, 2.05) is 0 Å². The molecule has 1 aliphatic rings. The van der Waals surface area contributed by atoms with E-state index in [1.54, 1.807) is 12.1 Å². The molecule has 1 heterocycles. The highest BCUT2D eigenvalue weighted by Gasteiger charge is 2.20. The average molecular weight is 298 g/mol. The maximum atomic E-state index is 11.9. The zero-order valence-corrected chi connectivity index (χ0v) is 12.8. The fourth-order valence-electron chi connectivity index (χ4n) is 2.39. The van der Waals surface area contributed by atoms with Gasteiger partial charge in [0.05, 0.1) is 16.3 Å². The highest BCUT2D eigenvalue weighted by Crippen LogP contribution is 2.27. The van der Waals surface area contributed by atoms with Crippen molar-refractivity contribution in [1.82, 2.24) is 9.62 Å². The van der Waals surface area contributed by atoms with Gasteiger partial charge in [-0.05, 0) is 31.8 Å². The lowest BCUT2D eigenvalue weighted by atomic mass is 10.2. The van der Waals surface area contributed by atoms with Crippen LogP contribution in [0.3, 0.4) is 0 Å². The van der Waals surface area contributed by atoms with Gasteiger partial charge in [0.25, 0.3) is 0 Å². The van der Waals surface area contributed by atoms with Crippen molar-refractivity contribution < 1.29 is 8.42 Å². The maximum Gasteiger partial charge on any atom is 0.240 e. The first-order valence-corrected chi connectivity index (χ1v) is 8.26. The van der Waals surface area contributed by atoms with Crippen LogP contribution < -0.4 is 15.4 Å². The van der Waals surface area contributed by atoms with Gasteiger partial charge in [0.2, 0.25) is 10.0 Å². The Morgan fingerprint density at radius 1 is 1.25 bits per heavy atom. The van der Waals surface area contributed by atoms with Crippen LogP contribution in [0.2, 0.25) is 0 Å². The molecule has 6 nitrogen and oxygen atoms in total. The standard InChI is InChI=1S/C13H22N4O2S/c1-3-16-6-8-17(9-7-16)13-10-11(4-5-12(13)14)20(18,19)15-2/h4-5,10,15H,3,6-9,14H2,1-2H3. The number of piperazine rings is 1. The van der Waals surface area contributed by atoms with E-state index < -0.39 is 10.0 Å². The minimum Gasteiger partial charge on any atom is -0.397 e. The number of sulfonamides is 1. The van der Waals surface area contributed by atoms with Crippen molar-refractivity contribution >= 4 is 21.4 Å². The van der Waals surface area contributed by atoms with Gasteiger partial charge in [-0.3, -0.25) is 0 Å². The number of nitrogens with one attached hydrogen (secondary N) is 1. The third-order valence-electron chi connectivity index (χ3n) is 3.74. The van der Waals surface area contributed by atoms with E-state index in [1.165, 1.54) is 13.1 Å². The van der Waals surface area contributed by atoms with E-state index in [0.29, 0.717) is 5.69 Å². The van der Waals surface area contributed by atoms with Crippen LogP contribution in [0.5, 0.6) is 0 Å². The Bertz CT molecular complexity index is 566. The minimum absolute atomic E-state index is 0.252. The largest absolute Gasteiger partial charge is 0.397 e. The highest BCUT2D eigenvalue weighted by atomic mass is 32.2. The Kier molecular flexibility index (Phi) is 4.52. The summed E-state index contributed by atoms with van der Waals surface area (Å²) in [6, 6.07) is 4.85. The van der Waals surface area contributed by atoms with Crippen molar-refractivity contribution in [2.45, 2.75) is 11.8 Å². The van der Waals surface area contributed by atoms with Gasteiger partial charge < -0.3 is 15.5 Å². The van der Waals surface area contributed by atoms with Crippen LogP contribution in [0, 0.1) is 0 Å². The lowest BCUT2D eigenvalue weighted by Gasteiger charge is -2.36. The molecule has 112 valence electrons. The van der Waals surface area contributed by atoms with Crippen molar-refractivity contribution in [2.24, 2.45) is 0 Å². The van der Waals surface area contributed by atoms with E-state index in [-0.39, 0.29) is 4.90 Å². The van der Waals surface area contributed by atoms with Crippen molar-refractivity contribution in [3.8, 4) is 0 Å². The number of likely N-dealkylation sites (N-methyl/N-ethyl adjacent to an activating group) is 1. The molecule has 3 N–H and O–H groups in total. The van der Waals surface area contributed by atoms with E-state index >= 15 is 0 Å². The molecule has 0 radical (unpaired) electrons. The van der Waals surface area contributed by atoms with Crippen LogP contribution in [-0.2, 0) is 10.0 Å². The Morgan fingerprint density at radius 2 is 1.90 bits per heavy atom. The maximum absolute atomic E-state index is 11.9. The number of benzene rings is 1. The van der Waals surface area contributed by atoms with E-state index in [4.69, 9.17) is 5.73 Å². The Morgan fingerprint density at radius 3 is 2.45 bits per heavy atom. The van der Waals surface area contributed by atoms with Gasteiger partial charge in [-0.1, -0.05) is 6.92 Å². The van der Waals surface area contributed by atoms with Crippen LogP contribution in [0.15, 0.2) is 23.1 Å². The zero-order valence-electron chi connectivity index (χ0n) is 12.0. The molecule has 0 saturated carbocycles. The molecule has 0 unspecified atom stereocenters. The molecule has 20 heavy (non-hydrogen) atoms. The molecule has 1 fully saturated rings. The topological polar surface area (TPSA) is 78.7 Å². The highest BCUT2D eigenvalue weighted by molar-refractivity contribution is 7.89. The average Bonchev–Trinajstić information content (AvgIpc) is 2.47. The molecule has 1 aromatic rings. The van der Waals surface area contributed by atoms with Gasteiger partial charge >= 0.3 is 0 Å². The molecule has 1 aromatic carbocycles. The smallest absolute Gasteiger partial charge is 0.240 e. The lowest BCUT2D eigenvalue weighted by molar-refractivity contribution is 0.271. The van der Waals surface area contributed by atoms with Crippen molar-refractivity contribution in [1.29, 1.82) is 0 Å². The van der Waals surface area contributed by atoms with Gasteiger partial charge in [-0.2, -0.15) is 0 Å². The number of nitrogen functional groups attached to an aromatic ring is 1. The first kappa shape index (κ1) is 15.1. The summed E-state index contributed by atoms with van der Waals surface area (Å²) >= 11 is 0. The fraction of sp³-hybridized carbons (Fsp3) is 0.538. The summed E-state index contributed by atoms with van der Waals surface area (Å²) in [4.78, 5) is 4.76. The molecular weight excluding hydrogens is 276 g/mol. The molecule has 0 atom stereocenters. The van der Waals surface area contributed by atoms with Gasteiger partial charge in [-0.25, -0.2) is 13.1 Å². The molecule has 7 heteroatoms. The second kappa shape index (κ2) is 5.99. The first-order valence-electron chi connectivity index (χ1n) is 6.78. The van der Waals surface area contributed by atoms with Crippen molar-refractivity contribution in [3.63, 3.8) is 0 Å². The fourth-order valence-corrected chi connectivity index (χ4v) is 3.14. The lowest BCUT2D eigenvalue weighted by Crippen LogP contribution is -2.46. The predicted octanol–water partition coefficient (Wildman–Crippen LogP) is 0.319. The number of anilines is 2. The molecule has 0 aliphatic carbocycles. The molecular formula is C13H22N4O2S. The molecule has 2 rings (SSSR count). The Balaban J connectivity index is 2.26. The van der Waals surface area contributed by atoms with Gasteiger partial charge in [0.1, 0.15) is 0 Å². The number of rotatable bonds is 4. The summed E-state index contributed by atoms with van der Waals surface area (Å²) in [7, 11) is -2.03. The summed E-state index contributed by atoms with van der Waals surface area (Å²) in [6.45, 7) is 6.85. The zero-order chi connectivity index (χ0) is 14.8. The van der Waals surface area contributed by atoms with E-state index in [0.717, 1.165) is 38.4 Å². The Labute approximate surface area is 120 Å². The quantitative estimate of drug-likeness (QED) is 0.783. The molecule has 0 amide bonds. The summed E-state index contributed by atoms with van der Waals surface area (Å²) in [5, 5.41) is 0.